The van der Waals surface area contributed by atoms with Crippen molar-refractivity contribution in [2.75, 3.05) is 0 Å². The highest BCUT2D eigenvalue weighted by Gasteiger charge is 2.33. The number of nitrogens with zero attached hydrogens (tertiary/aromatic N) is 1. The van der Waals surface area contributed by atoms with Crippen molar-refractivity contribution in [2.24, 2.45) is 0 Å². The fourth-order valence-corrected chi connectivity index (χ4v) is 6.00. The second kappa shape index (κ2) is 15.9. The molecule has 0 saturated heterocycles. The number of phenolic OH excluding ortho intramolecular Hbond substituents is 9. The molecule has 0 unspecified atom stereocenters. The maximum atomic E-state index is 14.5. The van der Waals surface area contributed by atoms with Crippen LogP contribution in [0, 0.1) is 0 Å². The summed E-state index contributed by atoms with van der Waals surface area (Å²) in [6.07, 6.45) is 5.79. The molecule has 2 amide bonds. The van der Waals surface area contributed by atoms with E-state index in [1.165, 1.54) is 77.6 Å². The van der Waals surface area contributed by atoms with Crippen molar-refractivity contribution in [3.8, 4) is 74.0 Å². The van der Waals surface area contributed by atoms with Crippen molar-refractivity contribution in [1.82, 2.24) is 15.2 Å². The van der Waals surface area contributed by atoms with Crippen LogP contribution in [0.4, 0.5) is 0 Å². The maximum Gasteiger partial charge on any atom is 0.272 e. The van der Waals surface area contributed by atoms with Crippen molar-refractivity contribution in [1.29, 1.82) is 0 Å². The van der Waals surface area contributed by atoms with E-state index in [2.05, 4.69) is 10.6 Å². The topological polar surface area (TPSA) is 245 Å². The molecule has 0 aliphatic rings. The van der Waals surface area contributed by atoms with Gasteiger partial charge in [-0.3, -0.25) is 9.59 Å². The Morgan fingerprint density at radius 2 is 0.964 bits per heavy atom. The van der Waals surface area contributed by atoms with Crippen molar-refractivity contribution >= 4 is 24.0 Å². The summed E-state index contributed by atoms with van der Waals surface area (Å²) in [5, 5.41) is 97.0. The molecular weight excluding hydrogens is 722 g/mol. The highest BCUT2D eigenvalue weighted by atomic mass is 16.3. The second-order valence-electron chi connectivity index (χ2n) is 12.5. The summed E-state index contributed by atoms with van der Waals surface area (Å²) in [7, 11) is 0. The van der Waals surface area contributed by atoms with Gasteiger partial charge < -0.3 is 61.2 Å². The van der Waals surface area contributed by atoms with Gasteiger partial charge in [-0.2, -0.15) is 0 Å². The smallest absolute Gasteiger partial charge is 0.272 e. The Hall–Kier alpha value is -8.00. The molecule has 0 bridgehead atoms. The summed E-state index contributed by atoms with van der Waals surface area (Å²) < 4.78 is 1.40. The minimum Gasteiger partial charge on any atom is -0.508 e. The highest BCUT2D eigenvalue weighted by molar-refractivity contribution is 6.12. The highest BCUT2D eigenvalue weighted by Crippen LogP contribution is 2.46. The zero-order chi connectivity index (χ0) is 40.1. The zero-order valence-electron chi connectivity index (χ0n) is 29.2. The molecule has 56 heavy (non-hydrogen) atoms. The summed E-state index contributed by atoms with van der Waals surface area (Å²) in [5.74, 6) is -5.62. The van der Waals surface area contributed by atoms with Gasteiger partial charge >= 0.3 is 0 Å². The molecule has 0 aliphatic heterocycles. The van der Waals surface area contributed by atoms with E-state index in [1.54, 1.807) is 30.3 Å². The van der Waals surface area contributed by atoms with Gasteiger partial charge in [0.15, 0.2) is 40.2 Å². The fourth-order valence-electron chi connectivity index (χ4n) is 6.00. The lowest BCUT2D eigenvalue weighted by atomic mass is 9.93. The molecule has 0 atom stereocenters. The lowest BCUT2D eigenvalue weighted by molar-refractivity contribution is 0.0955. The third kappa shape index (κ3) is 8.14. The Morgan fingerprint density at radius 1 is 0.500 bits per heavy atom. The van der Waals surface area contributed by atoms with Crippen molar-refractivity contribution < 1.29 is 55.5 Å². The number of nitrogens with one attached hydrogen (secondary N) is 2. The van der Waals surface area contributed by atoms with Gasteiger partial charge in [-0.25, -0.2) is 0 Å². The molecule has 6 rings (SSSR count). The average Bonchev–Trinajstić information content (AvgIpc) is 3.52. The average molecular weight is 758 g/mol. The molecule has 284 valence electrons. The van der Waals surface area contributed by atoms with E-state index in [9.17, 15) is 55.5 Å². The van der Waals surface area contributed by atoms with Gasteiger partial charge in [0, 0.05) is 30.1 Å². The Balaban J connectivity index is 1.60. The quantitative estimate of drug-likeness (QED) is 0.0663. The molecule has 1 aromatic heterocycles. The number of rotatable bonds is 11. The van der Waals surface area contributed by atoms with Crippen molar-refractivity contribution in [3.05, 3.63) is 138 Å². The van der Waals surface area contributed by atoms with Crippen LogP contribution in [-0.4, -0.2) is 62.3 Å². The minimum atomic E-state index is -0.837. The van der Waals surface area contributed by atoms with Gasteiger partial charge in [0.05, 0.1) is 0 Å². The molecule has 14 heteroatoms. The molecule has 0 fully saturated rings. The number of carbonyl (C=O) groups is 2. The number of hydrogen-bond donors (Lipinski definition) is 11. The molecule has 0 radical (unpaired) electrons. The number of phenols is 9. The van der Waals surface area contributed by atoms with Crippen molar-refractivity contribution in [3.63, 3.8) is 0 Å². The number of aromatic hydroxyl groups is 9. The molecule has 1 heterocycles. The lowest BCUT2D eigenvalue weighted by Crippen LogP contribution is -2.27. The summed E-state index contributed by atoms with van der Waals surface area (Å²) >= 11 is 0. The van der Waals surface area contributed by atoms with Gasteiger partial charge in [0.2, 0.25) is 0 Å². The van der Waals surface area contributed by atoms with Crippen LogP contribution in [0.25, 0.3) is 34.4 Å². The van der Waals surface area contributed by atoms with Gasteiger partial charge in [0.25, 0.3) is 11.8 Å². The number of amides is 2. The molecule has 0 aliphatic carbocycles. The number of benzene rings is 5. The fraction of sp³-hybridized carbons (Fsp3) is 0.0476. The van der Waals surface area contributed by atoms with Gasteiger partial charge in [0.1, 0.15) is 22.9 Å². The SMILES string of the molecule is O=C(NC=Cc1ccc(O)c(O)c1)c1c(-c2ccc(O)c(O)c2)c(-c2cc(O)c(O)c(O)c2)c(C(=O)NC=Cc2ccc(O)cc2)n1CCc1ccc(O)cc1. The predicted molar refractivity (Wildman–Crippen MR) is 206 cm³/mol. The van der Waals surface area contributed by atoms with Crippen LogP contribution in [0.1, 0.15) is 37.7 Å². The Bertz CT molecular complexity index is 2480. The number of carbonyl (C=O) groups excluding carboxylic acids is 2. The third-order valence-corrected chi connectivity index (χ3v) is 8.75. The molecule has 5 aromatic carbocycles. The molecule has 0 saturated carbocycles. The zero-order valence-corrected chi connectivity index (χ0v) is 29.2. The van der Waals surface area contributed by atoms with E-state index in [1.807, 2.05) is 0 Å². The minimum absolute atomic E-state index is 0.0105. The van der Waals surface area contributed by atoms with Crippen LogP contribution in [0.15, 0.2) is 109 Å². The van der Waals surface area contributed by atoms with Crippen LogP contribution in [0.2, 0.25) is 0 Å². The number of hydrogen-bond acceptors (Lipinski definition) is 11. The van der Waals surface area contributed by atoms with Crippen LogP contribution in [0.3, 0.4) is 0 Å². The van der Waals surface area contributed by atoms with Crippen LogP contribution in [-0.2, 0) is 13.0 Å². The first kappa shape index (κ1) is 37.7. The number of aryl methyl sites for hydroxylation is 1. The van der Waals surface area contributed by atoms with E-state index in [-0.39, 0.29) is 63.9 Å². The first-order valence-corrected chi connectivity index (χ1v) is 16.9. The maximum absolute atomic E-state index is 14.5. The monoisotopic (exact) mass is 757 g/mol. The summed E-state index contributed by atoms with van der Waals surface area (Å²) in [6.45, 7) is -0.0549. The molecular formula is C42H35N3O11. The predicted octanol–water partition coefficient (Wildman–Crippen LogP) is 6.22. The summed E-state index contributed by atoms with van der Waals surface area (Å²) in [6, 6.07) is 22.3. The molecule has 6 aromatic rings. The third-order valence-electron chi connectivity index (χ3n) is 8.75. The normalized spacial score (nSPS) is 11.3. The molecule has 14 nitrogen and oxygen atoms in total. The first-order valence-electron chi connectivity index (χ1n) is 16.9. The molecule has 0 spiro atoms. The van der Waals surface area contributed by atoms with Crippen LogP contribution < -0.4 is 10.6 Å². The summed E-state index contributed by atoms with van der Waals surface area (Å²) in [4.78, 5) is 29.0. The van der Waals surface area contributed by atoms with Gasteiger partial charge in [-0.05, 0) is 107 Å². The Labute approximate surface area is 318 Å². The Morgan fingerprint density at radius 3 is 1.52 bits per heavy atom. The standard InChI is InChI=1S/C42H35N3O11/c46-28-7-1-23(2-8-28)13-16-43-42(56)39-37(27-21-34(52)40(54)35(53)22-27)36(26-6-12-31(49)33(51)20-26)38(45(39)18-15-24-3-9-29(47)10-4-24)41(55)44-17-14-25-5-11-30(48)32(50)19-25/h1-14,16-17,19-22,46-54H,15,18H2,(H,43,56)(H,44,55). The van der Waals surface area contributed by atoms with E-state index < -0.39 is 46.3 Å². The Kier molecular flexibility index (Phi) is 10.7. The summed E-state index contributed by atoms with van der Waals surface area (Å²) in [5.41, 5.74) is 1.49. The van der Waals surface area contributed by atoms with E-state index in [0.717, 1.165) is 18.2 Å². The van der Waals surface area contributed by atoms with Crippen LogP contribution in [0.5, 0.6) is 51.7 Å². The van der Waals surface area contributed by atoms with E-state index >= 15 is 0 Å². The second-order valence-corrected chi connectivity index (χ2v) is 12.5. The first-order chi connectivity index (χ1) is 26.8. The van der Waals surface area contributed by atoms with E-state index in [0.29, 0.717) is 16.7 Å². The van der Waals surface area contributed by atoms with Gasteiger partial charge in [-0.15, -0.1) is 0 Å². The molecule has 11 N–H and O–H groups in total. The largest absolute Gasteiger partial charge is 0.508 e. The van der Waals surface area contributed by atoms with E-state index in [4.69, 9.17) is 0 Å². The van der Waals surface area contributed by atoms with Gasteiger partial charge in [-0.1, -0.05) is 36.4 Å². The van der Waals surface area contributed by atoms with Crippen molar-refractivity contribution in [2.45, 2.75) is 13.0 Å². The lowest BCUT2D eigenvalue weighted by Gasteiger charge is -2.14. The van der Waals surface area contributed by atoms with Crippen LogP contribution >= 0.6 is 0 Å². The number of aromatic nitrogens is 1.